The van der Waals surface area contributed by atoms with Crippen LogP contribution < -0.4 is 5.73 Å². The zero-order valence-corrected chi connectivity index (χ0v) is 10.9. The van der Waals surface area contributed by atoms with E-state index >= 15 is 0 Å². The number of amides is 2. The average Bonchev–Trinajstić information content (AvgIpc) is 2.38. The van der Waals surface area contributed by atoms with E-state index in [9.17, 15) is 9.59 Å². The SMILES string of the molecule is Nc1ccc2c(c1)CCCC2N1C(=O)CCCC1=O. The maximum atomic E-state index is 12.1. The van der Waals surface area contributed by atoms with Gasteiger partial charge in [-0.3, -0.25) is 14.5 Å². The van der Waals surface area contributed by atoms with Gasteiger partial charge in [0.15, 0.2) is 0 Å². The monoisotopic (exact) mass is 258 g/mol. The van der Waals surface area contributed by atoms with Crippen molar-refractivity contribution >= 4 is 17.5 Å². The second-order valence-corrected chi connectivity index (χ2v) is 5.38. The van der Waals surface area contributed by atoms with E-state index < -0.39 is 0 Å². The van der Waals surface area contributed by atoms with Crippen molar-refractivity contribution in [1.29, 1.82) is 0 Å². The Morgan fingerprint density at radius 3 is 2.53 bits per heavy atom. The highest BCUT2D eigenvalue weighted by Gasteiger charge is 2.35. The van der Waals surface area contributed by atoms with Crippen LogP contribution in [0.3, 0.4) is 0 Å². The molecule has 1 atom stereocenters. The van der Waals surface area contributed by atoms with E-state index in [1.807, 2.05) is 18.2 Å². The predicted octanol–water partition coefficient (Wildman–Crippen LogP) is 2.19. The third kappa shape index (κ3) is 2.11. The number of anilines is 1. The molecule has 1 aliphatic heterocycles. The molecule has 2 amide bonds. The Kier molecular flexibility index (Phi) is 3.01. The topological polar surface area (TPSA) is 63.4 Å². The summed E-state index contributed by atoms with van der Waals surface area (Å²) in [7, 11) is 0. The van der Waals surface area contributed by atoms with Gasteiger partial charge in [0.05, 0.1) is 6.04 Å². The van der Waals surface area contributed by atoms with Crippen LogP contribution in [0.25, 0.3) is 0 Å². The summed E-state index contributed by atoms with van der Waals surface area (Å²) in [5, 5.41) is 0. The fourth-order valence-electron chi connectivity index (χ4n) is 3.20. The highest BCUT2D eigenvalue weighted by molar-refractivity contribution is 5.98. The number of nitrogens with zero attached hydrogens (tertiary/aromatic N) is 1. The fraction of sp³-hybridized carbons (Fsp3) is 0.467. The molecule has 0 saturated carbocycles. The van der Waals surface area contributed by atoms with Crippen molar-refractivity contribution in [2.45, 2.75) is 44.6 Å². The van der Waals surface area contributed by atoms with Crippen LogP contribution in [-0.2, 0) is 16.0 Å². The lowest BCUT2D eigenvalue weighted by molar-refractivity contribution is -0.151. The van der Waals surface area contributed by atoms with Crippen LogP contribution in [0.2, 0.25) is 0 Å². The number of hydrogen-bond acceptors (Lipinski definition) is 3. The Balaban J connectivity index is 1.98. The zero-order valence-electron chi connectivity index (χ0n) is 10.9. The van der Waals surface area contributed by atoms with Crippen molar-refractivity contribution in [2.75, 3.05) is 5.73 Å². The van der Waals surface area contributed by atoms with Crippen molar-refractivity contribution in [3.63, 3.8) is 0 Å². The maximum Gasteiger partial charge on any atom is 0.229 e. The molecule has 19 heavy (non-hydrogen) atoms. The number of hydrogen-bond donors (Lipinski definition) is 1. The van der Waals surface area contributed by atoms with Gasteiger partial charge in [0, 0.05) is 18.5 Å². The van der Waals surface area contributed by atoms with E-state index in [2.05, 4.69) is 0 Å². The van der Waals surface area contributed by atoms with Gasteiger partial charge in [-0.2, -0.15) is 0 Å². The number of piperidine rings is 1. The molecular weight excluding hydrogens is 240 g/mol. The van der Waals surface area contributed by atoms with Crippen molar-refractivity contribution in [1.82, 2.24) is 4.90 Å². The Labute approximate surface area is 112 Å². The third-order valence-corrected chi connectivity index (χ3v) is 4.08. The Bertz CT molecular complexity index is 523. The molecule has 100 valence electrons. The number of imide groups is 1. The molecule has 4 nitrogen and oxygen atoms in total. The van der Waals surface area contributed by atoms with Crippen molar-refractivity contribution in [3.8, 4) is 0 Å². The molecule has 0 radical (unpaired) electrons. The number of nitrogens with two attached hydrogens (primary N) is 1. The number of rotatable bonds is 1. The largest absolute Gasteiger partial charge is 0.399 e. The highest BCUT2D eigenvalue weighted by Crippen LogP contribution is 2.37. The minimum Gasteiger partial charge on any atom is -0.399 e. The molecule has 1 aromatic rings. The van der Waals surface area contributed by atoms with Crippen LogP contribution in [0.15, 0.2) is 18.2 Å². The number of fused-ring (bicyclic) bond motifs is 1. The Morgan fingerprint density at radius 1 is 1.05 bits per heavy atom. The van der Waals surface area contributed by atoms with E-state index in [1.165, 1.54) is 10.5 Å². The fourth-order valence-corrected chi connectivity index (χ4v) is 3.20. The number of carbonyl (C=O) groups excluding carboxylic acids is 2. The molecule has 0 bridgehead atoms. The van der Waals surface area contributed by atoms with E-state index in [0.717, 1.165) is 30.5 Å². The highest BCUT2D eigenvalue weighted by atomic mass is 16.2. The Morgan fingerprint density at radius 2 is 1.79 bits per heavy atom. The molecule has 1 aliphatic carbocycles. The lowest BCUT2D eigenvalue weighted by Crippen LogP contribution is -2.43. The summed E-state index contributed by atoms with van der Waals surface area (Å²) in [6, 6.07) is 5.73. The number of carbonyl (C=O) groups is 2. The van der Waals surface area contributed by atoms with Crippen LogP contribution in [0, 0.1) is 0 Å². The molecule has 1 heterocycles. The van der Waals surface area contributed by atoms with Gasteiger partial charge < -0.3 is 5.73 Å². The minimum atomic E-state index is -0.0790. The molecule has 4 heteroatoms. The molecule has 2 N–H and O–H groups in total. The normalized spacial score (nSPS) is 23.4. The molecule has 1 unspecified atom stereocenters. The van der Waals surface area contributed by atoms with Crippen molar-refractivity contribution in [2.24, 2.45) is 0 Å². The lowest BCUT2D eigenvalue weighted by Gasteiger charge is -2.36. The van der Waals surface area contributed by atoms with Gasteiger partial charge in [0.25, 0.3) is 0 Å². The van der Waals surface area contributed by atoms with Crippen LogP contribution in [0.4, 0.5) is 5.69 Å². The summed E-state index contributed by atoms with van der Waals surface area (Å²) < 4.78 is 0. The van der Waals surface area contributed by atoms with Gasteiger partial charge in [-0.15, -0.1) is 0 Å². The van der Waals surface area contributed by atoms with E-state index in [4.69, 9.17) is 5.73 Å². The van der Waals surface area contributed by atoms with Crippen LogP contribution in [0.5, 0.6) is 0 Å². The van der Waals surface area contributed by atoms with Crippen LogP contribution in [0.1, 0.15) is 49.3 Å². The molecule has 1 fully saturated rings. The van der Waals surface area contributed by atoms with E-state index in [0.29, 0.717) is 19.3 Å². The molecule has 2 aliphatic rings. The van der Waals surface area contributed by atoms with Crippen LogP contribution in [-0.4, -0.2) is 16.7 Å². The lowest BCUT2D eigenvalue weighted by atomic mass is 9.85. The first kappa shape index (κ1) is 12.2. The molecule has 1 saturated heterocycles. The standard InChI is InChI=1S/C15H18N2O2/c16-11-7-8-12-10(9-11)3-1-4-13(12)17-14(18)5-2-6-15(17)19/h7-9,13H,1-6,16H2. The zero-order chi connectivity index (χ0) is 13.4. The van der Waals surface area contributed by atoms with Gasteiger partial charge >= 0.3 is 0 Å². The summed E-state index contributed by atoms with van der Waals surface area (Å²) in [6.07, 6.45) is 4.52. The number of aryl methyl sites for hydroxylation is 1. The van der Waals surface area contributed by atoms with Crippen molar-refractivity contribution in [3.05, 3.63) is 29.3 Å². The van der Waals surface area contributed by atoms with Gasteiger partial charge in [-0.05, 0) is 48.9 Å². The first-order chi connectivity index (χ1) is 9.16. The number of nitrogen functional groups attached to an aromatic ring is 1. The quantitative estimate of drug-likeness (QED) is 0.620. The second kappa shape index (κ2) is 4.68. The number of benzene rings is 1. The molecule has 3 rings (SSSR count). The van der Waals surface area contributed by atoms with E-state index in [1.54, 1.807) is 0 Å². The van der Waals surface area contributed by atoms with Gasteiger partial charge in [0.1, 0.15) is 0 Å². The Hall–Kier alpha value is -1.84. The second-order valence-electron chi connectivity index (χ2n) is 5.38. The van der Waals surface area contributed by atoms with Gasteiger partial charge in [0.2, 0.25) is 11.8 Å². The van der Waals surface area contributed by atoms with Gasteiger partial charge in [-0.1, -0.05) is 6.07 Å². The third-order valence-electron chi connectivity index (χ3n) is 4.08. The first-order valence-electron chi connectivity index (χ1n) is 6.90. The summed E-state index contributed by atoms with van der Waals surface area (Å²) >= 11 is 0. The summed E-state index contributed by atoms with van der Waals surface area (Å²) in [4.78, 5) is 25.6. The smallest absolute Gasteiger partial charge is 0.229 e. The molecule has 0 spiro atoms. The van der Waals surface area contributed by atoms with Crippen molar-refractivity contribution < 1.29 is 9.59 Å². The van der Waals surface area contributed by atoms with Crippen LogP contribution >= 0.6 is 0 Å². The summed E-state index contributed by atoms with van der Waals surface area (Å²) in [5.74, 6) is -0.0446. The predicted molar refractivity (Wildman–Crippen MR) is 72.2 cm³/mol. The summed E-state index contributed by atoms with van der Waals surface area (Å²) in [5.41, 5.74) is 8.84. The molecule has 0 aromatic heterocycles. The van der Waals surface area contributed by atoms with E-state index in [-0.39, 0.29) is 17.9 Å². The van der Waals surface area contributed by atoms with Gasteiger partial charge in [-0.25, -0.2) is 0 Å². The number of likely N-dealkylation sites (tertiary alicyclic amines) is 1. The maximum absolute atomic E-state index is 12.1. The first-order valence-corrected chi connectivity index (χ1v) is 6.90. The summed E-state index contributed by atoms with van der Waals surface area (Å²) in [6.45, 7) is 0. The molecule has 1 aromatic carbocycles. The average molecular weight is 258 g/mol. The minimum absolute atomic E-state index is 0.0223. The molecular formula is C15H18N2O2.